The van der Waals surface area contributed by atoms with Gasteiger partial charge >= 0.3 is 0 Å². The second-order valence-electron chi connectivity index (χ2n) is 5.01. The molecule has 0 aliphatic heterocycles. The van der Waals surface area contributed by atoms with Crippen LogP contribution in [0, 0.1) is 17.6 Å². The highest BCUT2D eigenvalue weighted by molar-refractivity contribution is 7.89. The molecule has 7 heteroatoms. The molecule has 0 radical (unpaired) electrons. The summed E-state index contributed by atoms with van der Waals surface area (Å²) in [5, 5.41) is 9.88. The van der Waals surface area contributed by atoms with E-state index in [1.165, 1.54) is 0 Å². The van der Waals surface area contributed by atoms with Crippen LogP contribution in [0.5, 0.6) is 0 Å². The van der Waals surface area contributed by atoms with E-state index in [-0.39, 0.29) is 12.5 Å². The highest BCUT2D eigenvalue weighted by Crippen LogP contribution is 2.27. The largest absolute Gasteiger partial charge is 0.391 e. The lowest BCUT2D eigenvalue weighted by molar-refractivity contribution is 0.115. The van der Waals surface area contributed by atoms with E-state index in [1.54, 1.807) is 0 Å². The summed E-state index contributed by atoms with van der Waals surface area (Å²) in [5.41, 5.74) is 0. The molecular weight excluding hydrogens is 288 g/mol. The Morgan fingerprint density at radius 3 is 2.35 bits per heavy atom. The zero-order valence-electron chi connectivity index (χ0n) is 10.9. The second kappa shape index (κ2) is 6.15. The number of aliphatic hydroxyl groups excluding tert-OH is 1. The van der Waals surface area contributed by atoms with E-state index in [4.69, 9.17) is 0 Å². The minimum absolute atomic E-state index is 0.0446. The van der Waals surface area contributed by atoms with Gasteiger partial charge in [-0.3, -0.25) is 0 Å². The standard InChI is InChI=1S/C13H17F2NO3S/c14-10-6-3-7-11(15)13(10)20(18,19)16-8-12(17)9-4-1-2-5-9/h3,6-7,9,12,16-17H,1-2,4-5,8H2. The first-order valence-corrected chi connectivity index (χ1v) is 8.02. The minimum atomic E-state index is -4.31. The van der Waals surface area contributed by atoms with Gasteiger partial charge in [-0.1, -0.05) is 18.9 Å². The molecule has 4 nitrogen and oxygen atoms in total. The highest BCUT2D eigenvalue weighted by Gasteiger charge is 2.27. The van der Waals surface area contributed by atoms with Gasteiger partial charge in [0.15, 0.2) is 4.90 Å². The number of hydrogen-bond donors (Lipinski definition) is 2. The van der Waals surface area contributed by atoms with Crippen LogP contribution in [0.2, 0.25) is 0 Å². The Labute approximate surface area is 116 Å². The zero-order valence-corrected chi connectivity index (χ0v) is 11.7. The summed E-state index contributed by atoms with van der Waals surface area (Å²) in [6, 6.07) is 2.85. The Morgan fingerprint density at radius 1 is 1.25 bits per heavy atom. The number of hydrogen-bond acceptors (Lipinski definition) is 3. The van der Waals surface area contributed by atoms with Gasteiger partial charge < -0.3 is 5.11 Å². The summed E-state index contributed by atoms with van der Waals surface area (Å²) in [4.78, 5) is -1.00. The third kappa shape index (κ3) is 3.34. The van der Waals surface area contributed by atoms with Gasteiger partial charge in [-0.2, -0.15) is 0 Å². The van der Waals surface area contributed by atoms with Gasteiger partial charge in [0.2, 0.25) is 10.0 Å². The Hall–Kier alpha value is -1.05. The molecule has 0 saturated heterocycles. The molecule has 0 amide bonds. The van der Waals surface area contributed by atoms with Crippen LogP contribution in [-0.2, 0) is 10.0 Å². The molecule has 0 aromatic heterocycles. The number of benzene rings is 1. The molecule has 0 spiro atoms. The maximum Gasteiger partial charge on any atom is 0.246 e. The lowest BCUT2D eigenvalue weighted by Crippen LogP contribution is -2.36. The SMILES string of the molecule is O=S(=O)(NCC(O)C1CCCC1)c1c(F)cccc1F. The second-order valence-corrected chi connectivity index (χ2v) is 6.72. The third-order valence-electron chi connectivity index (χ3n) is 3.61. The van der Waals surface area contributed by atoms with Crippen molar-refractivity contribution in [2.75, 3.05) is 6.54 Å². The van der Waals surface area contributed by atoms with E-state index in [0.29, 0.717) is 0 Å². The maximum atomic E-state index is 13.4. The fourth-order valence-electron chi connectivity index (χ4n) is 2.52. The molecule has 1 saturated carbocycles. The molecule has 2 N–H and O–H groups in total. The summed E-state index contributed by atoms with van der Waals surface area (Å²) in [6.45, 7) is -0.235. The number of aliphatic hydroxyl groups is 1. The molecule has 112 valence electrons. The molecule has 1 aromatic rings. The van der Waals surface area contributed by atoms with Crippen molar-refractivity contribution in [1.29, 1.82) is 0 Å². The van der Waals surface area contributed by atoms with Crippen molar-refractivity contribution in [3.8, 4) is 0 Å². The summed E-state index contributed by atoms with van der Waals surface area (Å²) in [6.07, 6.45) is 2.88. The highest BCUT2D eigenvalue weighted by atomic mass is 32.2. The first-order chi connectivity index (χ1) is 9.42. The van der Waals surface area contributed by atoms with E-state index >= 15 is 0 Å². The van der Waals surface area contributed by atoms with E-state index in [0.717, 1.165) is 43.9 Å². The summed E-state index contributed by atoms with van der Waals surface area (Å²) in [7, 11) is -4.31. The average molecular weight is 305 g/mol. The van der Waals surface area contributed by atoms with Crippen molar-refractivity contribution in [1.82, 2.24) is 4.72 Å². The van der Waals surface area contributed by atoms with Crippen LogP contribution in [0.1, 0.15) is 25.7 Å². The molecule has 1 unspecified atom stereocenters. The van der Waals surface area contributed by atoms with Crippen molar-refractivity contribution in [3.05, 3.63) is 29.8 Å². The summed E-state index contributed by atoms with van der Waals surface area (Å²) < 4.78 is 52.8. The van der Waals surface area contributed by atoms with Crippen molar-refractivity contribution in [2.45, 2.75) is 36.7 Å². The number of sulfonamides is 1. The van der Waals surface area contributed by atoms with Gasteiger partial charge in [-0.05, 0) is 30.9 Å². The number of halogens is 2. The van der Waals surface area contributed by atoms with Crippen LogP contribution in [-0.4, -0.2) is 26.2 Å². The van der Waals surface area contributed by atoms with E-state index in [2.05, 4.69) is 4.72 Å². The Balaban J connectivity index is 2.07. The molecule has 0 bridgehead atoms. The van der Waals surface area contributed by atoms with Gasteiger partial charge in [-0.15, -0.1) is 0 Å². The molecular formula is C13H17F2NO3S. The van der Waals surface area contributed by atoms with Crippen LogP contribution < -0.4 is 4.72 Å². The molecule has 1 aliphatic rings. The van der Waals surface area contributed by atoms with Crippen molar-refractivity contribution < 1.29 is 22.3 Å². The molecule has 0 heterocycles. The van der Waals surface area contributed by atoms with Crippen LogP contribution in [0.4, 0.5) is 8.78 Å². The Bertz CT molecular complexity index is 551. The van der Waals surface area contributed by atoms with Crippen LogP contribution in [0.3, 0.4) is 0 Å². The Morgan fingerprint density at radius 2 is 1.80 bits per heavy atom. The molecule has 1 atom stereocenters. The first kappa shape index (κ1) is 15.3. The van der Waals surface area contributed by atoms with Gasteiger partial charge in [0.1, 0.15) is 11.6 Å². The topological polar surface area (TPSA) is 66.4 Å². The zero-order chi connectivity index (χ0) is 14.8. The van der Waals surface area contributed by atoms with Crippen molar-refractivity contribution in [3.63, 3.8) is 0 Å². The maximum absolute atomic E-state index is 13.4. The predicted octanol–water partition coefficient (Wildman–Crippen LogP) is 1.79. The average Bonchev–Trinajstić information content (AvgIpc) is 2.89. The minimum Gasteiger partial charge on any atom is -0.391 e. The van der Waals surface area contributed by atoms with Gasteiger partial charge in [-0.25, -0.2) is 21.9 Å². The first-order valence-electron chi connectivity index (χ1n) is 6.53. The van der Waals surface area contributed by atoms with Crippen LogP contribution >= 0.6 is 0 Å². The van der Waals surface area contributed by atoms with Gasteiger partial charge in [0.05, 0.1) is 6.10 Å². The summed E-state index contributed by atoms with van der Waals surface area (Å²) in [5.74, 6) is -2.25. The van der Waals surface area contributed by atoms with Crippen LogP contribution in [0.25, 0.3) is 0 Å². The molecule has 2 rings (SSSR count). The molecule has 20 heavy (non-hydrogen) atoms. The van der Waals surface area contributed by atoms with Gasteiger partial charge in [0.25, 0.3) is 0 Å². The molecule has 1 fully saturated rings. The molecule has 1 aliphatic carbocycles. The Kier molecular flexibility index (Phi) is 4.72. The van der Waals surface area contributed by atoms with E-state index < -0.39 is 32.7 Å². The lowest BCUT2D eigenvalue weighted by atomic mass is 10.0. The van der Waals surface area contributed by atoms with Gasteiger partial charge in [0, 0.05) is 6.54 Å². The normalized spacial score (nSPS) is 18.4. The predicted molar refractivity (Wildman–Crippen MR) is 69.5 cm³/mol. The fraction of sp³-hybridized carbons (Fsp3) is 0.538. The fourth-order valence-corrected chi connectivity index (χ4v) is 3.70. The third-order valence-corrected chi connectivity index (χ3v) is 5.09. The summed E-state index contributed by atoms with van der Waals surface area (Å²) >= 11 is 0. The quantitative estimate of drug-likeness (QED) is 0.871. The lowest BCUT2D eigenvalue weighted by Gasteiger charge is -2.18. The molecule has 1 aromatic carbocycles. The van der Waals surface area contributed by atoms with Crippen molar-refractivity contribution in [2.24, 2.45) is 5.92 Å². The smallest absolute Gasteiger partial charge is 0.246 e. The van der Waals surface area contributed by atoms with E-state index in [1.807, 2.05) is 0 Å². The van der Waals surface area contributed by atoms with Crippen molar-refractivity contribution >= 4 is 10.0 Å². The van der Waals surface area contributed by atoms with E-state index in [9.17, 15) is 22.3 Å². The number of nitrogens with one attached hydrogen (secondary N) is 1. The number of rotatable bonds is 5. The monoisotopic (exact) mass is 305 g/mol. The van der Waals surface area contributed by atoms with Crippen LogP contribution in [0.15, 0.2) is 23.1 Å².